The zero-order valence-corrected chi connectivity index (χ0v) is 14.2. The van der Waals surface area contributed by atoms with Crippen molar-refractivity contribution in [3.63, 3.8) is 0 Å². The molecule has 0 spiro atoms. The molecule has 6 nitrogen and oxygen atoms in total. The summed E-state index contributed by atoms with van der Waals surface area (Å²) in [6, 6.07) is 12.5. The van der Waals surface area contributed by atoms with Crippen LogP contribution in [-0.4, -0.2) is 26.1 Å². The van der Waals surface area contributed by atoms with Gasteiger partial charge in [-0.15, -0.1) is 10.2 Å². The highest BCUT2D eigenvalue weighted by molar-refractivity contribution is 6.33. The maximum absolute atomic E-state index is 12.1. The van der Waals surface area contributed by atoms with Crippen LogP contribution in [0, 0.1) is 6.92 Å². The predicted molar refractivity (Wildman–Crippen MR) is 93.1 cm³/mol. The van der Waals surface area contributed by atoms with Crippen molar-refractivity contribution in [1.29, 1.82) is 0 Å². The molecule has 1 N–H and O–H groups in total. The summed E-state index contributed by atoms with van der Waals surface area (Å²) < 4.78 is 0. The van der Waals surface area contributed by atoms with E-state index in [-0.39, 0.29) is 12.5 Å². The first-order valence-electron chi connectivity index (χ1n) is 7.12. The van der Waals surface area contributed by atoms with Gasteiger partial charge in [-0.05, 0) is 42.0 Å². The monoisotopic (exact) mass is 361 g/mol. The van der Waals surface area contributed by atoms with E-state index in [0.717, 1.165) is 5.56 Å². The van der Waals surface area contributed by atoms with Crippen LogP contribution >= 0.6 is 23.2 Å². The summed E-state index contributed by atoms with van der Waals surface area (Å²) >= 11 is 12.1. The molecule has 0 atom stereocenters. The Kier molecular flexibility index (Phi) is 4.78. The summed E-state index contributed by atoms with van der Waals surface area (Å²) in [6.45, 7) is 1.77. The number of nitrogens with zero attached hydrogens (tertiary/aromatic N) is 4. The van der Waals surface area contributed by atoms with E-state index >= 15 is 0 Å². The number of hydrogen-bond donors (Lipinski definition) is 1. The van der Waals surface area contributed by atoms with Gasteiger partial charge in [0.25, 0.3) is 0 Å². The van der Waals surface area contributed by atoms with Gasteiger partial charge in [-0.2, -0.15) is 4.80 Å². The summed E-state index contributed by atoms with van der Waals surface area (Å²) in [5.41, 5.74) is 2.12. The van der Waals surface area contributed by atoms with Crippen molar-refractivity contribution in [2.24, 2.45) is 0 Å². The fourth-order valence-electron chi connectivity index (χ4n) is 2.12. The normalized spacial score (nSPS) is 10.6. The minimum absolute atomic E-state index is 0.0661. The van der Waals surface area contributed by atoms with E-state index in [2.05, 4.69) is 20.7 Å². The zero-order chi connectivity index (χ0) is 17.1. The number of carbonyl (C=O) groups is 1. The molecule has 0 saturated carbocycles. The molecule has 0 aliphatic rings. The molecular weight excluding hydrogens is 349 g/mol. The number of nitrogens with one attached hydrogen (secondary N) is 1. The minimum Gasteiger partial charge on any atom is -0.324 e. The highest BCUT2D eigenvalue weighted by Crippen LogP contribution is 2.24. The number of carbonyl (C=O) groups excluding carboxylic acids is 1. The molecule has 3 aromatic rings. The fourth-order valence-corrected chi connectivity index (χ4v) is 2.52. The Balaban J connectivity index is 1.72. The van der Waals surface area contributed by atoms with E-state index in [1.807, 2.05) is 19.1 Å². The lowest BCUT2D eigenvalue weighted by molar-refractivity contribution is -0.117. The summed E-state index contributed by atoms with van der Waals surface area (Å²) in [6.07, 6.45) is 0. The van der Waals surface area contributed by atoms with Crippen LogP contribution < -0.4 is 5.32 Å². The molecule has 2 aromatic carbocycles. The number of aromatic nitrogens is 4. The maximum atomic E-state index is 12.1. The Labute approximate surface area is 148 Å². The Hall–Kier alpha value is -2.44. The molecule has 1 amide bonds. The summed E-state index contributed by atoms with van der Waals surface area (Å²) in [5, 5.41) is 15.9. The number of hydrogen-bond acceptors (Lipinski definition) is 4. The van der Waals surface area contributed by atoms with Crippen LogP contribution in [0.3, 0.4) is 0 Å². The predicted octanol–water partition coefficient (Wildman–Crippen LogP) is 3.59. The van der Waals surface area contributed by atoms with E-state index in [9.17, 15) is 4.79 Å². The van der Waals surface area contributed by atoms with Gasteiger partial charge in [-0.3, -0.25) is 4.79 Å². The Morgan fingerprint density at radius 3 is 2.67 bits per heavy atom. The van der Waals surface area contributed by atoms with Crippen molar-refractivity contribution < 1.29 is 4.79 Å². The number of halogens is 2. The van der Waals surface area contributed by atoms with Crippen molar-refractivity contribution in [3.8, 4) is 11.4 Å². The molecule has 3 rings (SSSR count). The number of benzene rings is 2. The standard InChI is InChI=1S/C16H13Cl2N5O/c1-10-12(17)7-4-8-14(10)19-15(24)9-23-21-16(20-22-23)11-5-2-3-6-13(11)18/h2-8H,9H2,1H3,(H,19,24). The highest BCUT2D eigenvalue weighted by Gasteiger charge is 2.12. The lowest BCUT2D eigenvalue weighted by Crippen LogP contribution is -2.21. The molecular formula is C16H13Cl2N5O. The Morgan fingerprint density at radius 1 is 1.12 bits per heavy atom. The summed E-state index contributed by atoms with van der Waals surface area (Å²) in [5.74, 6) is 0.0933. The average Bonchev–Trinajstić information content (AvgIpc) is 3.00. The smallest absolute Gasteiger partial charge is 0.248 e. The molecule has 0 fully saturated rings. The second kappa shape index (κ2) is 6.98. The zero-order valence-electron chi connectivity index (χ0n) is 12.7. The SMILES string of the molecule is Cc1c(Cl)cccc1NC(=O)Cn1nnc(-c2ccccc2Cl)n1. The van der Waals surface area contributed by atoms with Gasteiger partial charge in [-0.1, -0.05) is 41.4 Å². The van der Waals surface area contributed by atoms with Crippen molar-refractivity contribution >= 4 is 34.8 Å². The number of rotatable bonds is 4. The molecule has 1 aromatic heterocycles. The van der Waals surface area contributed by atoms with Gasteiger partial charge >= 0.3 is 0 Å². The van der Waals surface area contributed by atoms with E-state index in [1.165, 1.54) is 4.80 Å². The van der Waals surface area contributed by atoms with Crippen molar-refractivity contribution in [1.82, 2.24) is 20.2 Å². The van der Waals surface area contributed by atoms with E-state index in [0.29, 0.717) is 27.1 Å². The van der Waals surface area contributed by atoms with Gasteiger partial charge in [0.2, 0.25) is 11.7 Å². The van der Waals surface area contributed by atoms with Crippen molar-refractivity contribution in [2.75, 3.05) is 5.32 Å². The van der Waals surface area contributed by atoms with Crippen LogP contribution in [0.1, 0.15) is 5.56 Å². The molecule has 24 heavy (non-hydrogen) atoms. The molecule has 0 aliphatic carbocycles. The average molecular weight is 362 g/mol. The van der Waals surface area contributed by atoms with Crippen molar-refractivity contribution in [2.45, 2.75) is 13.5 Å². The topological polar surface area (TPSA) is 72.7 Å². The second-order valence-corrected chi connectivity index (χ2v) is 5.90. The largest absolute Gasteiger partial charge is 0.324 e. The molecule has 122 valence electrons. The van der Waals surface area contributed by atoms with Gasteiger partial charge in [0.05, 0.1) is 5.02 Å². The molecule has 0 unspecified atom stereocenters. The third-order valence-electron chi connectivity index (χ3n) is 3.39. The lowest BCUT2D eigenvalue weighted by atomic mass is 10.2. The van der Waals surface area contributed by atoms with E-state index in [1.54, 1.807) is 30.3 Å². The van der Waals surface area contributed by atoms with Gasteiger partial charge < -0.3 is 5.32 Å². The first-order valence-corrected chi connectivity index (χ1v) is 7.88. The van der Waals surface area contributed by atoms with Crippen LogP contribution in [-0.2, 0) is 11.3 Å². The molecule has 0 radical (unpaired) electrons. The van der Waals surface area contributed by atoms with Gasteiger partial charge in [0.1, 0.15) is 6.54 Å². The van der Waals surface area contributed by atoms with Crippen LogP contribution in [0.25, 0.3) is 11.4 Å². The second-order valence-electron chi connectivity index (χ2n) is 5.08. The Morgan fingerprint density at radius 2 is 1.88 bits per heavy atom. The quantitative estimate of drug-likeness (QED) is 0.770. The van der Waals surface area contributed by atoms with Crippen LogP contribution in [0.15, 0.2) is 42.5 Å². The third kappa shape index (κ3) is 3.55. The fraction of sp³-hybridized carbons (Fsp3) is 0.125. The van der Waals surface area contributed by atoms with Crippen molar-refractivity contribution in [3.05, 3.63) is 58.1 Å². The van der Waals surface area contributed by atoms with E-state index in [4.69, 9.17) is 23.2 Å². The van der Waals surface area contributed by atoms with Crippen LogP contribution in [0.5, 0.6) is 0 Å². The van der Waals surface area contributed by atoms with Gasteiger partial charge in [-0.25, -0.2) is 0 Å². The van der Waals surface area contributed by atoms with Crippen LogP contribution in [0.2, 0.25) is 10.0 Å². The number of tetrazole rings is 1. The summed E-state index contributed by atoms with van der Waals surface area (Å²) in [7, 11) is 0. The molecule has 0 saturated heterocycles. The van der Waals surface area contributed by atoms with Crippen LogP contribution in [0.4, 0.5) is 5.69 Å². The van der Waals surface area contributed by atoms with E-state index < -0.39 is 0 Å². The first kappa shape index (κ1) is 16.4. The first-order chi connectivity index (χ1) is 11.5. The lowest BCUT2D eigenvalue weighted by Gasteiger charge is -2.08. The molecule has 0 aliphatic heterocycles. The van der Waals surface area contributed by atoms with Gasteiger partial charge in [0, 0.05) is 16.3 Å². The molecule has 0 bridgehead atoms. The number of anilines is 1. The summed E-state index contributed by atoms with van der Waals surface area (Å²) in [4.78, 5) is 13.4. The van der Waals surface area contributed by atoms with Gasteiger partial charge in [0.15, 0.2) is 0 Å². The third-order valence-corrected chi connectivity index (χ3v) is 4.13. The number of amides is 1. The minimum atomic E-state index is -0.275. The highest BCUT2D eigenvalue weighted by atomic mass is 35.5. The maximum Gasteiger partial charge on any atom is 0.248 e. The Bertz CT molecular complexity index is 894. The molecule has 1 heterocycles. The molecule has 8 heteroatoms.